The summed E-state index contributed by atoms with van der Waals surface area (Å²) in [5.41, 5.74) is 1.78. The molecule has 2 heterocycles. The summed E-state index contributed by atoms with van der Waals surface area (Å²) in [5.74, 6) is -0.308. The SMILES string of the molecule is CS(=O)(=O)N1CCC[C@@H](C(=O)NCc2cccc(N3CCCC3=O)c2)C1. The van der Waals surface area contributed by atoms with Crippen molar-refractivity contribution in [3.63, 3.8) is 0 Å². The zero-order valence-electron chi connectivity index (χ0n) is 15.0. The molecule has 2 fully saturated rings. The van der Waals surface area contributed by atoms with Gasteiger partial charge in [-0.1, -0.05) is 12.1 Å². The summed E-state index contributed by atoms with van der Waals surface area (Å²) in [6.45, 7) is 1.82. The predicted molar refractivity (Wildman–Crippen MR) is 99.0 cm³/mol. The van der Waals surface area contributed by atoms with Gasteiger partial charge in [0.15, 0.2) is 0 Å². The van der Waals surface area contributed by atoms with Gasteiger partial charge in [-0.05, 0) is 37.0 Å². The molecule has 0 aliphatic carbocycles. The lowest BCUT2D eigenvalue weighted by Crippen LogP contribution is -2.44. The van der Waals surface area contributed by atoms with E-state index in [2.05, 4.69) is 5.32 Å². The summed E-state index contributed by atoms with van der Waals surface area (Å²) in [6.07, 6.45) is 4.02. The van der Waals surface area contributed by atoms with Crippen LogP contribution >= 0.6 is 0 Å². The van der Waals surface area contributed by atoms with E-state index in [1.165, 1.54) is 10.6 Å². The summed E-state index contributed by atoms with van der Waals surface area (Å²) < 4.78 is 24.7. The van der Waals surface area contributed by atoms with Gasteiger partial charge < -0.3 is 10.2 Å². The number of hydrogen-bond donors (Lipinski definition) is 1. The Morgan fingerprint density at radius 2 is 2.08 bits per heavy atom. The number of carbonyl (C=O) groups excluding carboxylic acids is 2. The first-order valence-corrected chi connectivity index (χ1v) is 10.8. The highest BCUT2D eigenvalue weighted by Crippen LogP contribution is 2.23. The van der Waals surface area contributed by atoms with Crippen molar-refractivity contribution in [3.05, 3.63) is 29.8 Å². The molecule has 2 aliphatic heterocycles. The molecule has 1 N–H and O–H groups in total. The molecule has 3 rings (SSSR count). The van der Waals surface area contributed by atoms with Crippen LogP contribution in [0.3, 0.4) is 0 Å². The van der Waals surface area contributed by atoms with Crippen molar-refractivity contribution in [2.24, 2.45) is 5.92 Å². The third kappa shape index (κ3) is 4.42. The number of sulfonamides is 1. The highest BCUT2D eigenvalue weighted by Gasteiger charge is 2.30. The maximum atomic E-state index is 12.4. The molecular formula is C18H25N3O4S. The topological polar surface area (TPSA) is 86.8 Å². The Morgan fingerprint density at radius 1 is 1.27 bits per heavy atom. The number of nitrogens with zero attached hydrogens (tertiary/aromatic N) is 2. The van der Waals surface area contributed by atoms with Gasteiger partial charge in [-0.15, -0.1) is 0 Å². The third-order valence-corrected chi connectivity index (χ3v) is 6.26. The van der Waals surface area contributed by atoms with Crippen LogP contribution < -0.4 is 10.2 Å². The van der Waals surface area contributed by atoms with E-state index in [0.717, 1.165) is 24.2 Å². The van der Waals surface area contributed by atoms with Crippen molar-refractivity contribution in [1.82, 2.24) is 9.62 Å². The van der Waals surface area contributed by atoms with Gasteiger partial charge in [0, 0.05) is 38.3 Å². The lowest BCUT2D eigenvalue weighted by atomic mass is 9.98. The summed E-state index contributed by atoms with van der Waals surface area (Å²) in [5, 5.41) is 2.91. The van der Waals surface area contributed by atoms with Gasteiger partial charge >= 0.3 is 0 Å². The number of anilines is 1. The van der Waals surface area contributed by atoms with Crippen LogP contribution in [0.15, 0.2) is 24.3 Å². The van der Waals surface area contributed by atoms with Gasteiger partial charge in [0.2, 0.25) is 21.8 Å². The first-order chi connectivity index (χ1) is 12.3. The molecule has 26 heavy (non-hydrogen) atoms. The van der Waals surface area contributed by atoms with Crippen molar-refractivity contribution in [2.45, 2.75) is 32.2 Å². The largest absolute Gasteiger partial charge is 0.352 e. The van der Waals surface area contributed by atoms with E-state index in [1.54, 1.807) is 4.90 Å². The average Bonchev–Trinajstić information content (AvgIpc) is 3.05. The summed E-state index contributed by atoms with van der Waals surface area (Å²) in [7, 11) is -3.26. The number of amides is 2. The maximum absolute atomic E-state index is 12.4. The van der Waals surface area contributed by atoms with Crippen LogP contribution in [0, 0.1) is 5.92 Å². The lowest BCUT2D eigenvalue weighted by molar-refractivity contribution is -0.126. The Balaban J connectivity index is 1.58. The molecule has 1 atom stereocenters. The molecule has 2 amide bonds. The Hall–Kier alpha value is -1.93. The van der Waals surface area contributed by atoms with Crippen LogP contribution in [0.1, 0.15) is 31.2 Å². The number of piperidine rings is 1. The van der Waals surface area contributed by atoms with Crippen LogP contribution in [0.4, 0.5) is 5.69 Å². The zero-order valence-corrected chi connectivity index (χ0v) is 15.8. The van der Waals surface area contributed by atoms with Crippen molar-refractivity contribution >= 4 is 27.5 Å². The maximum Gasteiger partial charge on any atom is 0.227 e. The Bertz CT molecular complexity index is 793. The van der Waals surface area contributed by atoms with Crippen LogP contribution in [-0.4, -0.2) is 50.4 Å². The van der Waals surface area contributed by atoms with Gasteiger partial charge in [-0.25, -0.2) is 12.7 Å². The second-order valence-electron chi connectivity index (χ2n) is 7.00. The Labute approximate surface area is 154 Å². The molecule has 0 radical (unpaired) electrons. The predicted octanol–water partition coefficient (Wildman–Crippen LogP) is 1.10. The number of hydrogen-bond acceptors (Lipinski definition) is 4. The van der Waals surface area contributed by atoms with E-state index in [9.17, 15) is 18.0 Å². The summed E-state index contributed by atoms with van der Waals surface area (Å²) in [4.78, 5) is 26.1. The molecule has 1 aromatic rings. The molecule has 8 heteroatoms. The van der Waals surface area contributed by atoms with Gasteiger partial charge in [0.05, 0.1) is 12.2 Å². The quantitative estimate of drug-likeness (QED) is 0.830. The third-order valence-electron chi connectivity index (χ3n) is 4.99. The fraction of sp³-hybridized carbons (Fsp3) is 0.556. The van der Waals surface area contributed by atoms with Gasteiger partial charge in [0.1, 0.15) is 0 Å². The standard InChI is InChI=1S/C18H25N3O4S/c1-26(24,25)20-9-3-6-15(13-20)18(23)19-12-14-5-2-7-16(11-14)21-10-4-8-17(21)22/h2,5,7,11,15H,3-4,6,8-10,12-13H2,1H3,(H,19,23)/t15-/m1/s1. The van der Waals surface area contributed by atoms with E-state index >= 15 is 0 Å². The molecule has 0 aromatic heterocycles. The molecule has 0 spiro atoms. The average molecular weight is 379 g/mol. The number of carbonyl (C=O) groups is 2. The van der Waals surface area contributed by atoms with Crippen LogP contribution in [0.2, 0.25) is 0 Å². The van der Waals surface area contributed by atoms with Crippen molar-refractivity contribution in [1.29, 1.82) is 0 Å². The second kappa shape index (κ2) is 7.75. The van der Waals surface area contributed by atoms with Gasteiger partial charge in [-0.3, -0.25) is 9.59 Å². The first-order valence-electron chi connectivity index (χ1n) is 8.97. The molecule has 2 aliphatic rings. The van der Waals surface area contributed by atoms with Gasteiger partial charge in [0.25, 0.3) is 0 Å². The van der Waals surface area contributed by atoms with Crippen molar-refractivity contribution in [2.75, 3.05) is 30.8 Å². The normalized spacial score (nSPS) is 21.8. The van der Waals surface area contributed by atoms with Crippen molar-refractivity contribution in [3.8, 4) is 0 Å². The zero-order chi connectivity index (χ0) is 18.7. The van der Waals surface area contributed by atoms with E-state index in [1.807, 2.05) is 24.3 Å². The van der Waals surface area contributed by atoms with Crippen LogP contribution in [-0.2, 0) is 26.2 Å². The molecular weight excluding hydrogens is 354 g/mol. The Kier molecular flexibility index (Phi) is 5.62. The number of nitrogens with one attached hydrogen (secondary N) is 1. The fourth-order valence-corrected chi connectivity index (χ4v) is 4.46. The van der Waals surface area contributed by atoms with E-state index in [0.29, 0.717) is 32.4 Å². The molecule has 0 bridgehead atoms. The monoisotopic (exact) mass is 379 g/mol. The smallest absolute Gasteiger partial charge is 0.227 e. The molecule has 142 valence electrons. The summed E-state index contributed by atoms with van der Waals surface area (Å²) in [6, 6.07) is 7.62. The minimum atomic E-state index is -3.26. The number of benzene rings is 1. The molecule has 0 unspecified atom stereocenters. The van der Waals surface area contributed by atoms with E-state index in [4.69, 9.17) is 0 Å². The highest BCUT2D eigenvalue weighted by atomic mass is 32.2. The number of rotatable bonds is 5. The molecule has 7 nitrogen and oxygen atoms in total. The van der Waals surface area contributed by atoms with Crippen LogP contribution in [0.5, 0.6) is 0 Å². The van der Waals surface area contributed by atoms with Crippen molar-refractivity contribution < 1.29 is 18.0 Å². The Morgan fingerprint density at radius 3 is 2.77 bits per heavy atom. The van der Waals surface area contributed by atoms with Gasteiger partial charge in [-0.2, -0.15) is 0 Å². The highest BCUT2D eigenvalue weighted by molar-refractivity contribution is 7.88. The van der Waals surface area contributed by atoms with E-state index < -0.39 is 10.0 Å². The van der Waals surface area contributed by atoms with Crippen LogP contribution in [0.25, 0.3) is 0 Å². The molecule has 2 saturated heterocycles. The van der Waals surface area contributed by atoms with E-state index in [-0.39, 0.29) is 24.3 Å². The minimum Gasteiger partial charge on any atom is -0.352 e. The minimum absolute atomic E-state index is 0.124. The fourth-order valence-electron chi connectivity index (χ4n) is 3.55. The second-order valence-corrected chi connectivity index (χ2v) is 8.98. The lowest BCUT2D eigenvalue weighted by Gasteiger charge is -2.30. The molecule has 1 aromatic carbocycles. The first kappa shape index (κ1) is 18.8. The summed E-state index contributed by atoms with van der Waals surface area (Å²) >= 11 is 0. The molecule has 0 saturated carbocycles.